The van der Waals surface area contributed by atoms with Gasteiger partial charge in [-0.1, -0.05) is 12.1 Å². The van der Waals surface area contributed by atoms with E-state index in [1.54, 1.807) is 19.1 Å². The van der Waals surface area contributed by atoms with Crippen molar-refractivity contribution >= 4 is 11.6 Å². The molecule has 1 aromatic carbocycles. The fourth-order valence-electron chi connectivity index (χ4n) is 2.63. The molecule has 0 aliphatic heterocycles. The number of nitriles is 1. The Hall–Kier alpha value is -2.42. The van der Waals surface area contributed by atoms with Gasteiger partial charge >= 0.3 is 0 Å². The van der Waals surface area contributed by atoms with Gasteiger partial charge in [0.2, 0.25) is 0 Å². The van der Waals surface area contributed by atoms with Gasteiger partial charge in [-0.25, -0.2) is 0 Å². The van der Waals surface area contributed by atoms with Gasteiger partial charge in [-0.2, -0.15) is 5.26 Å². The number of amides is 1. The summed E-state index contributed by atoms with van der Waals surface area (Å²) in [5, 5.41) is 22.8. The van der Waals surface area contributed by atoms with Crippen LogP contribution in [0.15, 0.2) is 18.2 Å². The zero-order valence-electron chi connectivity index (χ0n) is 11.1. The van der Waals surface area contributed by atoms with Crippen LogP contribution in [0.1, 0.15) is 35.2 Å². The van der Waals surface area contributed by atoms with Gasteiger partial charge in [-0.15, -0.1) is 0 Å². The molecule has 20 heavy (non-hydrogen) atoms. The minimum atomic E-state index is -0.557. The summed E-state index contributed by atoms with van der Waals surface area (Å²) in [5.41, 5.74) is 0.443. The minimum Gasteiger partial charge on any atom is -0.348 e. The zero-order chi connectivity index (χ0) is 14.7. The average molecular weight is 273 g/mol. The summed E-state index contributed by atoms with van der Waals surface area (Å²) < 4.78 is 0. The van der Waals surface area contributed by atoms with Crippen LogP contribution in [0.2, 0.25) is 0 Å². The second kappa shape index (κ2) is 5.70. The topological polar surface area (TPSA) is 96.0 Å². The number of carbonyl (C=O) groups excluding carboxylic acids is 1. The van der Waals surface area contributed by atoms with Crippen LogP contribution >= 0.6 is 0 Å². The van der Waals surface area contributed by atoms with Crippen molar-refractivity contribution in [3.05, 3.63) is 39.4 Å². The van der Waals surface area contributed by atoms with Gasteiger partial charge in [0.25, 0.3) is 11.6 Å². The van der Waals surface area contributed by atoms with E-state index in [2.05, 4.69) is 11.4 Å². The maximum Gasteiger partial charge on any atom is 0.282 e. The maximum atomic E-state index is 12.3. The summed E-state index contributed by atoms with van der Waals surface area (Å²) in [6.07, 6.45) is 2.39. The predicted octanol–water partition coefficient (Wildman–Crippen LogP) is 2.33. The third-order valence-corrected chi connectivity index (χ3v) is 3.67. The molecule has 0 bridgehead atoms. The van der Waals surface area contributed by atoms with E-state index in [1.807, 2.05) is 0 Å². The number of hydrogen-bond acceptors (Lipinski definition) is 4. The maximum absolute atomic E-state index is 12.3. The van der Waals surface area contributed by atoms with Crippen LogP contribution in [-0.2, 0) is 0 Å². The molecular weight excluding hydrogens is 258 g/mol. The number of carbonyl (C=O) groups is 1. The van der Waals surface area contributed by atoms with Crippen molar-refractivity contribution in [3.63, 3.8) is 0 Å². The molecule has 1 aliphatic rings. The number of rotatable bonds is 3. The SMILES string of the molecule is Cc1cccc([N+](=O)[O-])c1C(=O)NC1CCCC1C#N. The third kappa shape index (κ3) is 2.62. The van der Waals surface area contributed by atoms with Crippen molar-refractivity contribution in [1.82, 2.24) is 5.32 Å². The van der Waals surface area contributed by atoms with Crippen molar-refractivity contribution in [2.75, 3.05) is 0 Å². The molecule has 1 N–H and O–H groups in total. The summed E-state index contributed by atoms with van der Waals surface area (Å²) in [7, 11) is 0. The number of nitrogens with one attached hydrogen (secondary N) is 1. The normalized spacial score (nSPS) is 21.2. The van der Waals surface area contributed by atoms with Crippen molar-refractivity contribution < 1.29 is 9.72 Å². The molecule has 1 aromatic rings. The standard InChI is InChI=1S/C14H15N3O3/c1-9-4-2-7-12(17(19)20)13(9)14(18)16-11-6-3-5-10(11)8-15/h2,4,7,10-11H,3,5-6H2,1H3,(H,16,18). The highest BCUT2D eigenvalue weighted by molar-refractivity contribution is 5.99. The lowest BCUT2D eigenvalue weighted by Gasteiger charge is -2.16. The molecule has 1 saturated carbocycles. The summed E-state index contributed by atoms with van der Waals surface area (Å²) in [6, 6.07) is 6.49. The number of aryl methyl sites for hydroxylation is 1. The quantitative estimate of drug-likeness (QED) is 0.675. The zero-order valence-corrected chi connectivity index (χ0v) is 11.1. The molecule has 1 aliphatic carbocycles. The molecule has 1 amide bonds. The monoisotopic (exact) mass is 273 g/mol. The van der Waals surface area contributed by atoms with Crippen LogP contribution in [-0.4, -0.2) is 16.9 Å². The highest BCUT2D eigenvalue weighted by atomic mass is 16.6. The minimum absolute atomic E-state index is 0.0843. The predicted molar refractivity (Wildman–Crippen MR) is 72.0 cm³/mol. The number of nitro benzene ring substituents is 1. The molecule has 104 valence electrons. The first-order chi connectivity index (χ1) is 9.54. The first-order valence-electron chi connectivity index (χ1n) is 6.49. The van der Waals surface area contributed by atoms with E-state index in [0.717, 1.165) is 19.3 Å². The Morgan fingerprint density at radius 2 is 2.25 bits per heavy atom. The molecular formula is C14H15N3O3. The van der Waals surface area contributed by atoms with Crippen LogP contribution < -0.4 is 5.32 Å². The molecule has 2 rings (SSSR count). The first kappa shape index (κ1) is 14.0. The van der Waals surface area contributed by atoms with Crippen LogP contribution in [0, 0.1) is 34.3 Å². The molecule has 0 radical (unpaired) electrons. The number of nitrogens with zero attached hydrogens (tertiary/aromatic N) is 2. The fraction of sp³-hybridized carbons (Fsp3) is 0.429. The van der Waals surface area contributed by atoms with Crippen molar-refractivity contribution in [2.24, 2.45) is 5.92 Å². The molecule has 6 nitrogen and oxygen atoms in total. The van der Waals surface area contributed by atoms with E-state index in [0.29, 0.717) is 5.56 Å². The Kier molecular flexibility index (Phi) is 3.99. The summed E-state index contributed by atoms with van der Waals surface area (Å²) in [5.74, 6) is -0.677. The Bertz CT molecular complexity index is 592. The number of nitro groups is 1. The van der Waals surface area contributed by atoms with Gasteiger partial charge in [0.1, 0.15) is 5.56 Å². The van der Waals surface area contributed by atoms with Crippen LogP contribution in [0.5, 0.6) is 0 Å². The van der Waals surface area contributed by atoms with Crippen LogP contribution in [0.4, 0.5) is 5.69 Å². The number of benzene rings is 1. The smallest absolute Gasteiger partial charge is 0.282 e. The van der Waals surface area contributed by atoms with Crippen molar-refractivity contribution in [1.29, 1.82) is 5.26 Å². The van der Waals surface area contributed by atoms with Crippen LogP contribution in [0.25, 0.3) is 0 Å². The lowest BCUT2D eigenvalue weighted by atomic mass is 10.0. The first-order valence-corrected chi connectivity index (χ1v) is 6.49. The lowest BCUT2D eigenvalue weighted by Crippen LogP contribution is -2.37. The van der Waals surface area contributed by atoms with E-state index < -0.39 is 10.8 Å². The molecule has 6 heteroatoms. The van der Waals surface area contributed by atoms with Gasteiger partial charge in [-0.3, -0.25) is 14.9 Å². The van der Waals surface area contributed by atoms with E-state index in [-0.39, 0.29) is 23.2 Å². The highest BCUT2D eigenvalue weighted by Crippen LogP contribution is 2.27. The summed E-state index contributed by atoms with van der Waals surface area (Å²) in [6.45, 7) is 1.67. The van der Waals surface area contributed by atoms with Gasteiger partial charge < -0.3 is 5.32 Å². The molecule has 2 atom stereocenters. The Balaban J connectivity index is 2.26. The Morgan fingerprint density at radius 3 is 2.90 bits per heavy atom. The van der Waals surface area contributed by atoms with E-state index >= 15 is 0 Å². The Labute approximate surface area is 116 Å². The summed E-state index contributed by atoms with van der Waals surface area (Å²) in [4.78, 5) is 22.7. The molecule has 0 spiro atoms. The third-order valence-electron chi connectivity index (χ3n) is 3.67. The second-order valence-electron chi connectivity index (χ2n) is 4.97. The fourth-order valence-corrected chi connectivity index (χ4v) is 2.63. The van der Waals surface area contributed by atoms with Gasteiger partial charge in [0.15, 0.2) is 0 Å². The van der Waals surface area contributed by atoms with Gasteiger partial charge in [-0.05, 0) is 31.7 Å². The Morgan fingerprint density at radius 1 is 1.50 bits per heavy atom. The van der Waals surface area contributed by atoms with E-state index in [4.69, 9.17) is 5.26 Å². The number of hydrogen-bond donors (Lipinski definition) is 1. The molecule has 2 unspecified atom stereocenters. The molecule has 0 heterocycles. The average Bonchev–Trinajstić information content (AvgIpc) is 2.85. The van der Waals surface area contributed by atoms with Crippen molar-refractivity contribution in [3.8, 4) is 6.07 Å². The largest absolute Gasteiger partial charge is 0.348 e. The molecule has 0 aromatic heterocycles. The lowest BCUT2D eigenvalue weighted by molar-refractivity contribution is -0.385. The highest BCUT2D eigenvalue weighted by Gasteiger charge is 2.31. The molecule has 1 fully saturated rings. The van der Waals surface area contributed by atoms with E-state index in [1.165, 1.54) is 6.07 Å². The van der Waals surface area contributed by atoms with Crippen LogP contribution in [0.3, 0.4) is 0 Å². The second-order valence-corrected chi connectivity index (χ2v) is 4.97. The van der Waals surface area contributed by atoms with Crippen molar-refractivity contribution in [2.45, 2.75) is 32.2 Å². The van der Waals surface area contributed by atoms with Gasteiger partial charge in [0.05, 0.1) is 16.9 Å². The van der Waals surface area contributed by atoms with E-state index in [9.17, 15) is 14.9 Å². The summed E-state index contributed by atoms with van der Waals surface area (Å²) >= 11 is 0. The molecule has 0 saturated heterocycles. The van der Waals surface area contributed by atoms with Gasteiger partial charge in [0, 0.05) is 12.1 Å².